The normalized spacial score (nSPS) is 10.7. The topological polar surface area (TPSA) is 4.93 Å². The van der Waals surface area contributed by atoms with Crippen LogP contribution < -0.4 is 0 Å². The lowest BCUT2D eigenvalue weighted by Gasteiger charge is -2.03. The van der Waals surface area contributed by atoms with Crippen molar-refractivity contribution in [2.24, 2.45) is 0 Å². The quantitative estimate of drug-likeness (QED) is 0.520. The van der Waals surface area contributed by atoms with Gasteiger partial charge in [0, 0.05) is 18.9 Å². The van der Waals surface area contributed by atoms with Crippen LogP contribution in [0.1, 0.15) is 58.3 Å². The minimum atomic E-state index is 1.20. The number of nitrogens with zero attached hydrogens (tertiary/aromatic N) is 1. The highest BCUT2D eigenvalue weighted by atomic mass is 14.9. The van der Waals surface area contributed by atoms with Crippen LogP contribution >= 0.6 is 0 Å². The third kappa shape index (κ3) is 6.38. The Morgan fingerprint density at radius 2 is 1.27 bits per heavy atom. The van der Waals surface area contributed by atoms with Crippen molar-refractivity contribution in [3.63, 3.8) is 0 Å². The first-order chi connectivity index (χ1) is 7.43. The van der Waals surface area contributed by atoms with E-state index in [1.54, 1.807) is 0 Å². The predicted octanol–water partition coefficient (Wildman–Crippen LogP) is 4.63. The van der Waals surface area contributed by atoms with Crippen LogP contribution in [0.25, 0.3) is 0 Å². The van der Waals surface area contributed by atoms with E-state index in [2.05, 4.69) is 36.0 Å². The molecule has 0 bridgehead atoms. The summed E-state index contributed by atoms with van der Waals surface area (Å²) >= 11 is 0. The maximum Gasteiger partial charge on any atom is 0.0219 e. The minimum Gasteiger partial charge on any atom is -0.354 e. The van der Waals surface area contributed by atoms with Gasteiger partial charge in [-0.2, -0.15) is 0 Å². The SMILES string of the molecule is CCCCCCCCCCn1cccc1. The zero-order valence-corrected chi connectivity index (χ0v) is 10.1. The number of aromatic nitrogens is 1. The Labute approximate surface area is 94.5 Å². The molecule has 0 spiro atoms. The van der Waals surface area contributed by atoms with E-state index in [1.165, 1.54) is 57.9 Å². The summed E-state index contributed by atoms with van der Waals surface area (Å²) in [5.41, 5.74) is 0. The maximum atomic E-state index is 2.27. The van der Waals surface area contributed by atoms with Crippen molar-refractivity contribution < 1.29 is 0 Å². The summed E-state index contributed by atoms with van der Waals surface area (Å²) in [5.74, 6) is 0. The van der Waals surface area contributed by atoms with Gasteiger partial charge in [0.05, 0.1) is 0 Å². The second-order valence-corrected chi connectivity index (χ2v) is 4.40. The molecule has 1 aromatic heterocycles. The Morgan fingerprint density at radius 1 is 0.733 bits per heavy atom. The van der Waals surface area contributed by atoms with Gasteiger partial charge < -0.3 is 4.57 Å². The number of rotatable bonds is 9. The van der Waals surface area contributed by atoms with E-state index in [1.807, 2.05) is 0 Å². The Balaban J connectivity index is 1.81. The zero-order chi connectivity index (χ0) is 10.8. The molecule has 0 radical (unpaired) electrons. The monoisotopic (exact) mass is 207 g/mol. The smallest absolute Gasteiger partial charge is 0.0219 e. The predicted molar refractivity (Wildman–Crippen MR) is 67.0 cm³/mol. The van der Waals surface area contributed by atoms with Gasteiger partial charge in [0.1, 0.15) is 0 Å². The van der Waals surface area contributed by atoms with Gasteiger partial charge in [0.15, 0.2) is 0 Å². The molecule has 0 N–H and O–H groups in total. The van der Waals surface area contributed by atoms with E-state index in [-0.39, 0.29) is 0 Å². The minimum absolute atomic E-state index is 1.20. The van der Waals surface area contributed by atoms with Gasteiger partial charge in [-0.25, -0.2) is 0 Å². The highest BCUT2D eigenvalue weighted by Gasteiger charge is 1.92. The van der Waals surface area contributed by atoms with Crippen molar-refractivity contribution in [1.82, 2.24) is 4.57 Å². The summed E-state index contributed by atoms with van der Waals surface area (Å²) in [6, 6.07) is 4.20. The van der Waals surface area contributed by atoms with Crippen LogP contribution in [-0.2, 0) is 6.54 Å². The Morgan fingerprint density at radius 3 is 1.87 bits per heavy atom. The van der Waals surface area contributed by atoms with Gasteiger partial charge in [0.25, 0.3) is 0 Å². The average molecular weight is 207 g/mol. The Kier molecular flexibility index (Phi) is 7.06. The van der Waals surface area contributed by atoms with Gasteiger partial charge >= 0.3 is 0 Å². The lowest BCUT2D eigenvalue weighted by molar-refractivity contribution is 0.544. The van der Waals surface area contributed by atoms with Crippen molar-refractivity contribution >= 4 is 0 Å². The van der Waals surface area contributed by atoms with Gasteiger partial charge in [-0.15, -0.1) is 0 Å². The molecule has 0 unspecified atom stereocenters. The second-order valence-electron chi connectivity index (χ2n) is 4.40. The van der Waals surface area contributed by atoms with Crippen LogP contribution in [0.15, 0.2) is 24.5 Å². The van der Waals surface area contributed by atoms with Crippen LogP contribution in [0, 0.1) is 0 Å². The van der Waals surface area contributed by atoms with E-state index < -0.39 is 0 Å². The van der Waals surface area contributed by atoms with Crippen molar-refractivity contribution in [1.29, 1.82) is 0 Å². The molecule has 0 aliphatic carbocycles. The lowest BCUT2D eigenvalue weighted by Crippen LogP contribution is -1.93. The average Bonchev–Trinajstić information content (AvgIpc) is 2.75. The van der Waals surface area contributed by atoms with Crippen molar-refractivity contribution in [3.05, 3.63) is 24.5 Å². The molecule has 0 fully saturated rings. The first-order valence-corrected chi connectivity index (χ1v) is 6.54. The number of hydrogen-bond donors (Lipinski definition) is 0. The van der Waals surface area contributed by atoms with E-state index in [4.69, 9.17) is 0 Å². The molecular weight excluding hydrogens is 182 g/mol. The van der Waals surface area contributed by atoms with E-state index in [0.717, 1.165) is 0 Å². The number of aryl methyl sites for hydroxylation is 1. The Hall–Kier alpha value is -0.720. The maximum absolute atomic E-state index is 2.27. The molecule has 0 amide bonds. The van der Waals surface area contributed by atoms with Gasteiger partial charge in [-0.05, 0) is 18.6 Å². The van der Waals surface area contributed by atoms with Crippen LogP contribution in [0.3, 0.4) is 0 Å². The fourth-order valence-corrected chi connectivity index (χ4v) is 1.95. The van der Waals surface area contributed by atoms with E-state index in [0.29, 0.717) is 0 Å². The zero-order valence-electron chi connectivity index (χ0n) is 10.1. The van der Waals surface area contributed by atoms with Crippen molar-refractivity contribution in [2.45, 2.75) is 64.8 Å². The summed E-state index contributed by atoms with van der Waals surface area (Å²) in [6.07, 6.45) is 15.5. The molecule has 15 heavy (non-hydrogen) atoms. The lowest BCUT2D eigenvalue weighted by atomic mass is 10.1. The van der Waals surface area contributed by atoms with Crippen LogP contribution in [0.5, 0.6) is 0 Å². The standard InChI is InChI=1S/C14H25N/c1-2-3-4-5-6-7-8-9-12-15-13-10-11-14-15/h10-11,13-14H,2-9,12H2,1H3. The third-order valence-electron chi connectivity index (χ3n) is 2.94. The molecule has 1 heterocycles. The summed E-state index contributed by atoms with van der Waals surface area (Å²) in [5, 5.41) is 0. The number of unbranched alkanes of at least 4 members (excludes halogenated alkanes) is 7. The first-order valence-electron chi connectivity index (χ1n) is 6.54. The summed E-state index contributed by atoms with van der Waals surface area (Å²) < 4.78 is 2.27. The van der Waals surface area contributed by atoms with E-state index in [9.17, 15) is 0 Å². The van der Waals surface area contributed by atoms with Gasteiger partial charge in [-0.3, -0.25) is 0 Å². The molecule has 0 aromatic carbocycles. The van der Waals surface area contributed by atoms with Gasteiger partial charge in [0.2, 0.25) is 0 Å². The summed E-state index contributed by atoms with van der Waals surface area (Å²) in [4.78, 5) is 0. The molecule has 1 aromatic rings. The van der Waals surface area contributed by atoms with Crippen molar-refractivity contribution in [2.75, 3.05) is 0 Å². The fourth-order valence-electron chi connectivity index (χ4n) is 1.95. The third-order valence-corrected chi connectivity index (χ3v) is 2.94. The fraction of sp³-hybridized carbons (Fsp3) is 0.714. The molecule has 0 saturated carbocycles. The molecule has 1 rings (SSSR count). The van der Waals surface area contributed by atoms with Crippen LogP contribution in [-0.4, -0.2) is 4.57 Å². The molecule has 0 aliphatic rings. The number of hydrogen-bond acceptors (Lipinski definition) is 0. The highest BCUT2D eigenvalue weighted by molar-refractivity contribution is 4.89. The first kappa shape index (κ1) is 12.4. The Bertz CT molecular complexity index is 213. The van der Waals surface area contributed by atoms with Crippen LogP contribution in [0.4, 0.5) is 0 Å². The van der Waals surface area contributed by atoms with Gasteiger partial charge in [-0.1, -0.05) is 51.9 Å². The highest BCUT2D eigenvalue weighted by Crippen LogP contribution is 2.09. The molecule has 86 valence electrons. The summed E-state index contributed by atoms with van der Waals surface area (Å²) in [6.45, 7) is 3.47. The molecule has 0 saturated heterocycles. The summed E-state index contributed by atoms with van der Waals surface area (Å²) in [7, 11) is 0. The molecule has 0 aliphatic heterocycles. The largest absolute Gasteiger partial charge is 0.354 e. The molecule has 1 heteroatoms. The van der Waals surface area contributed by atoms with Crippen LogP contribution in [0.2, 0.25) is 0 Å². The van der Waals surface area contributed by atoms with Crippen molar-refractivity contribution in [3.8, 4) is 0 Å². The molecule has 1 nitrogen and oxygen atoms in total. The second kappa shape index (κ2) is 8.58. The molecule has 0 atom stereocenters. The molecular formula is C14H25N. The van der Waals surface area contributed by atoms with E-state index >= 15 is 0 Å².